The van der Waals surface area contributed by atoms with Crippen molar-refractivity contribution >= 4 is 21.6 Å². The lowest BCUT2D eigenvalue weighted by molar-refractivity contribution is -0.119. The number of rotatable bonds is 7. The van der Waals surface area contributed by atoms with E-state index in [2.05, 4.69) is 20.4 Å². The lowest BCUT2D eigenvalue weighted by Crippen LogP contribution is -2.18. The summed E-state index contributed by atoms with van der Waals surface area (Å²) in [5.74, 6) is 0.446. The van der Waals surface area contributed by atoms with Crippen molar-refractivity contribution in [3.05, 3.63) is 66.4 Å². The Morgan fingerprint density at radius 3 is 2.29 bits per heavy atom. The molecule has 0 spiro atoms. The molecule has 3 N–H and O–H groups in total. The molecule has 4 aromatic rings. The number of hydrogen-bond acceptors (Lipinski definition) is 8. The summed E-state index contributed by atoms with van der Waals surface area (Å²) in [4.78, 5) is 20.2. The second-order valence-electron chi connectivity index (χ2n) is 8.29. The van der Waals surface area contributed by atoms with E-state index in [1.807, 2.05) is 24.3 Å². The van der Waals surface area contributed by atoms with Crippen molar-refractivity contribution in [3.8, 4) is 34.0 Å². The van der Waals surface area contributed by atoms with Crippen molar-refractivity contribution in [2.24, 2.45) is 0 Å². The number of anilines is 1. The van der Waals surface area contributed by atoms with Crippen molar-refractivity contribution in [3.63, 3.8) is 0 Å². The van der Waals surface area contributed by atoms with Crippen LogP contribution in [0.3, 0.4) is 0 Å². The maximum absolute atomic E-state index is 12.4. The number of hydrogen-bond donors (Lipinski definition) is 2. The zero-order valence-electron chi connectivity index (χ0n) is 19.5. The van der Waals surface area contributed by atoms with E-state index in [9.17, 15) is 13.2 Å². The SMILES string of the molecule is CC(=O)NCc1ccc(-c2cc(-c3nc(-c4ccc(S(=O)(=O)C(C)C)cc4)cnc3N)on2)cc1. The van der Waals surface area contributed by atoms with Crippen molar-refractivity contribution in [2.45, 2.75) is 37.5 Å². The van der Waals surface area contributed by atoms with Gasteiger partial charge in [0.2, 0.25) is 5.91 Å². The van der Waals surface area contributed by atoms with E-state index in [1.165, 1.54) is 13.1 Å². The molecule has 9 nitrogen and oxygen atoms in total. The number of benzene rings is 2. The largest absolute Gasteiger partial charge is 0.382 e. The van der Waals surface area contributed by atoms with E-state index in [0.717, 1.165) is 11.1 Å². The van der Waals surface area contributed by atoms with Gasteiger partial charge >= 0.3 is 0 Å². The van der Waals surface area contributed by atoms with Crippen LogP contribution in [0.4, 0.5) is 5.82 Å². The van der Waals surface area contributed by atoms with Crippen molar-refractivity contribution in [2.75, 3.05) is 5.73 Å². The summed E-state index contributed by atoms with van der Waals surface area (Å²) in [6.07, 6.45) is 1.52. The molecule has 2 heterocycles. The van der Waals surface area contributed by atoms with Crippen LogP contribution in [0, 0.1) is 0 Å². The molecule has 1 amide bonds. The molecule has 0 saturated carbocycles. The lowest BCUT2D eigenvalue weighted by atomic mass is 10.1. The highest BCUT2D eigenvalue weighted by molar-refractivity contribution is 7.92. The number of nitrogen functional groups attached to an aromatic ring is 1. The third-order valence-electron chi connectivity index (χ3n) is 5.43. The van der Waals surface area contributed by atoms with Crippen molar-refractivity contribution in [1.82, 2.24) is 20.4 Å². The van der Waals surface area contributed by atoms with E-state index in [4.69, 9.17) is 10.3 Å². The maximum atomic E-state index is 12.4. The predicted octanol–water partition coefficient (Wildman–Crippen LogP) is 3.87. The number of nitrogens with one attached hydrogen (secondary N) is 1. The van der Waals surface area contributed by atoms with Gasteiger partial charge in [0.05, 0.1) is 22.0 Å². The zero-order valence-corrected chi connectivity index (χ0v) is 20.3. The first-order chi connectivity index (χ1) is 16.6. The van der Waals surface area contributed by atoms with E-state index in [1.54, 1.807) is 44.2 Å². The van der Waals surface area contributed by atoms with Crippen molar-refractivity contribution in [1.29, 1.82) is 0 Å². The van der Waals surface area contributed by atoms with Gasteiger partial charge in [-0.15, -0.1) is 0 Å². The number of carbonyl (C=O) groups excluding carboxylic acids is 1. The molecule has 35 heavy (non-hydrogen) atoms. The average Bonchev–Trinajstić information content (AvgIpc) is 3.33. The third-order valence-corrected chi connectivity index (χ3v) is 7.61. The van der Waals surface area contributed by atoms with Crippen LogP contribution in [-0.4, -0.2) is 34.7 Å². The second kappa shape index (κ2) is 9.67. The molecule has 0 atom stereocenters. The Bertz CT molecular complexity index is 1460. The monoisotopic (exact) mass is 491 g/mol. The second-order valence-corrected chi connectivity index (χ2v) is 10.8. The summed E-state index contributed by atoms with van der Waals surface area (Å²) in [6, 6.07) is 15.8. The fourth-order valence-electron chi connectivity index (χ4n) is 3.35. The quantitative estimate of drug-likeness (QED) is 0.397. The summed E-state index contributed by atoms with van der Waals surface area (Å²) < 4.78 is 30.3. The molecule has 0 bridgehead atoms. The molecule has 0 aliphatic rings. The van der Waals surface area contributed by atoms with Gasteiger partial charge in [0, 0.05) is 30.7 Å². The minimum Gasteiger partial charge on any atom is -0.382 e. The summed E-state index contributed by atoms with van der Waals surface area (Å²) in [7, 11) is -3.37. The van der Waals surface area contributed by atoms with Crippen LogP contribution in [-0.2, 0) is 21.2 Å². The topological polar surface area (TPSA) is 141 Å². The van der Waals surface area contributed by atoms with Crippen LogP contribution in [0.2, 0.25) is 0 Å². The molecular formula is C25H25N5O4S. The van der Waals surface area contributed by atoms with E-state index in [0.29, 0.717) is 35.0 Å². The van der Waals surface area contributed by atoms with Gasteiger partial charge in [-0.25, -0.2) is 18.4 Å². The van der Waals surface area contributed by atoms with Crippen molar-refractivity contribution < 1.29 is 17.7 Å². The van der Waals surface area contributed by atoms with Crippen LogP contribution in [0.25, 0.3) is 34.0 Å². The van der Waals surface area contributed by atoms with Gasteiger partial charge in [-0.1, -0.05) is 41.6 Å². The summed E-state index contributed by atoms with van der Waals surface area (Å²) in [6.45, 7) is 5.21. The number of nitrogens with two attached hydrogens (primary N) is 1. The predicted molar refractivity (Wildman–Crippen MR) is 133 cm³/mol. The zero-order chi connectivity index (χ0) is 25.2. The van der Waals surface area contributed by atoms with E-state index in [-0.39, 0.29) is 16.6 Å². The van der Waals surface area contributed by atoms with E-state index >= 15 is 0 Å². The van der Waals surface area contributed by atoms with Gasteiger partial charge in [0.1, 0.15) is 5.69 Å². The summed E-state index contributed by atoms with van der Waals surface area (Å²) in [5.41, 5.74) is 10.00. The molecule has 0 aliphatic carbocycles. The van der Waals surface area contributed by atoms with E-state index < -0.39 is 15.1 Å². The third kappa shape index (κ3) is 5.22. The van der Waals surface area contributed by atoms with Gasteiger partial charge in [-0.3, -0.25) is 4.79 Å². The number of amides is 1. The molecule has 0 radical (unpaired) electrons. The highest BCUT2D eigenvalue weighted by atomic mass is 32.2. The molecule has 0 saturated heterocycles. The van der Waals surface area contributed by atoms with Gasteiger partial charge in [-0.2, -0.15) is 0 Å². The van der Waals surface area contributed by atoms with Gasteiger partial charge < -0.3 is 15.6 Å². The van der Waals surface area contributed by atoms with Crippen LogP contribution >= 0.6 is 0 Å². The Kier molecular flexibility index (Phi) is 6.65. The number of carbonyl (C=O) groups is 1. The normalized spacial score (nSPS) is 11.5. The van der Waals surface area contributed by atoms with Gasteiger partial charge in [-0.05, 0) is 31.5 Å². The summed E-state index contributed by atoms with van der Waals surface area (Å²) in [5, 5.41) is 6.38. The number of nitrogens with zero attached hydrogens (tertiary/aromatic N) is 3. The molecule has 2 aromatic carbocycles. The Morgan fingerprint density at radius 2 is 1.66 bits per heavy atom. The van der Waals surface area contributed by atoms with Gasteiger partial charge in [0.25, 0.3) is 0 Å². The minimum absolute atomic E-state index is 0.0901. The Morgan fingerprint density at radius 1 is 1.03 bits per heavy atom. The minimum atomic E-state index is -3.37. The van der Waals surface area contributed by atoms with Crippen LogP contribution in [0.15, 0.2) is 70.2 Å². The van der Waals surface area contributed by atoms with Crippen LogP contribution in [0.5, 0.6) is 0 Å². The highest BCUT2D eigenvalue weighted by Gasteiger charge is 2.20. The standard InChI is InChI=1S/C25H25N5O4S/c1-15(2)35(32,33)20-10-8-19(9-11-20)22-14-28-25(26)24(29-22)23-12-21(30-34-23)18-6-4-17(5-7-18)13-27-16(3)31/h4-12,14-15H,13H2,1-3H3,(H2,26,28)(H,27,31). The smallest absolute Gasteiger partial charge is 0.217 e. The van der Waals surface area contributed by atoms with Crippen LogP contribution in [0.1, 0.15) is 26.3 Å². The maximum Gasteiger partial charge on any atom is 0.217 e. The Hall–Kier alpha value is -4.05. The molecular weight excluding hydrogens is 466 g/mol. The summed E-state index contributed by atoms with van der Waals surface area (Å²) >= 11 is 0. The number of sulfone groups is 1. The van der Waals surface area contributed by atoms with Crippen LogP contribution < -0.4 is 11.1 Å². The Balaban J connectivity index is 1.59. The molecule has 2 aromatic heterocycles. The lowest BCUT2D eigenvalue weighted by Gasteiger charge is -2.09. The molecule has 0 fully saturated rings. The fourth-order valence-corrected chi connectivity index (χ4v) is 4.41. The average molecular weight is 492 g/mol. The molecule has 4 rings (SSSR count). The molecule has 0 unspecified atom stereocenters. The highest BCUT2D eigenvalue weighted by Crippen LogP contribution is 2.30. The fraction of sp³-hybridized carbons (Fsp3) is 0.200. The molecule has 180 valence electrons. The van der Waals surface area contributed by atoms with Gasteiger partial charge in [0.15, 0.2) is 27.1 Å². The number of aromatic nitrogens is 3. The molecule has 0 aliphatic heterocycles. The first kappa shape index (κ1) is 24.1. The Labute approximate surface area is 203 Å². The first-order valence-corrected chi connectivity index (χ1v) is 12.5. The molecule has 10 heteroatoms. The first-order valence-electron chi connectivity index (χ1n) is 10.9.